The van der Waals surface area contributed by atoms with Crippen LogP contribution >= 0.6 is 0 Å². The maximum atomic E-state index is 2.47. The minimum atomic E-state index is -0.545. The molecule has 0 radical (unpaired) electrons. The lowest BCUT2D eigenvalue weighted by Crippen LogP contribution is -2.26. The highest BCUT2D eigenvalue weighted by atomic mass is 28.2. The highest BCUT2D eigenvalue weighted by Crippen LogP contribution is 2.43. The first-order valence-electron chi connectivity index (χ1n) is 11.5. The summed E-state index contributed by atoms with van der Waals surface area (Å²) in [6.45, 7) is 0. The van der Waals surface area contributed by atoms with E-state index in [1.54, 1.807) is 0 Å². The van der Waals surface area contributed by atoms with Crippen LogP contribution in [0.15, 0.2) is 133 Å². The molecule has 0 amide bonds. The third-order valence-electron chi connectivity index (χ3n) is 6.46. The van der Waals surface area contributed by atoms with Gasteiger partial charge in [0.25, 0.3) is 0 Å². The second-order valence-electron chi connectivity index (χ2n) is 8.57. The molecule has 0 bridgehead atoms. The van der Waals surface area contributed by atoms with Crippen LogP contribution in [-0.2, 0) is 0 Å². The molecule has 1 heteroatoms. The standard InChI is InChI=1S/C32H24Si/c1-4-12-23(13-5-1)31-27-18-10-11-19-28(27)32(24-14-6-2-7-15-24)30-22-26(20-21-29(30)31)33-25-16-8-3-9-17-25/h1-22H,33H2. The predicted molar refractivity (Wildman–Crippen MR) is 147 cm³/mol. The summed E-state index contributed by atoms with van der Waals surface area (Å²) in [5.41, 5.74) is 5.21. The van der Waals surface area contributed by atoms with Crippen LogP contribution in [0.4, 0.5) is 0 Å². The van der Waals surface area contributed by atoms with Crippen molar-refractivity contribution in [3.63, 3.8) is 0 Å². The van der Waals surface area contributed by atoms with E-state index in [4.69, 9.17) is 0 Å². The van der Waals surface area contributed by atoms with E-state index in [1.807, 2.05) is 0 Å². The van der Waals surface area contributed by atoms with Crippen molar-refractivity contribution >= 4 is 41.4 Å². The van der Waals surface area contributed by atoms with Crippen LogP contribution in [-0.4, -0.2) is 9.52 Å². The van der Waals surface area contributed by atoms with Gasteiger partial charge in [-0.1, -0.05) is 144 Å². The van der Waals surface area contributed by atoms with Crippen molar-refractivity contribution in [2.45, 2.75) is 0 Å². The SMILES string of the molecule is c1ccc([SiH2]c2ccc3c(-c4ccccc4)c4ccccc4c(-c4ccccc4)c3c2)cc1. The molecule has 6 aromatic rings. The molecule has 0 unspecified atom stereocenters. The van der Waals surface area contributed by atoms with E-state index in [0.717, 1.165) is 0 Å². The summed E-state index contributed by atoms with van der Waals surface area (Å²) in [6.07, 6.45) is 0. The van der Waals surface area contributed by atoms with E-state index in [0.29, 0.717) is 0 Å². The third kappa shape index (κ3) is 3.67. The Kier molecular flexibility index (Phi) is 5.10. The van der Waals surface area contributed by atoms with Crippen LogP contribution in [0.2, 0.25) is 0 Å². The van der Waals surface area contributed by atoms with Crippen molar-refractivity contribution in [2.75, 3.05) is 0 Å². The van der Waals surface area contributed by atoms with Gasteiger partial charge < -0.3 is 0 Å². The fourth-order valence-electron chi connectivity index (χ4n) is 5.00. The summed E-state index contributed by atoms with van der Waals surface area (Å²) in [6, 6.07) is 48.7. The van der Waals surface area contributed by atoms with Crippen LogP contribution in [0, 0.1) is 0 Å². The van der Waals surface area contributed by atoms with Gasteiger partial charge in [0, 0.05) is 0 Å². The molecule has 0 spiro atoms. The van der Waals surface area contributed by atoms with Gasteiger partial charge in [-0.25, -0.2) is 0 Å². The van der Waals surface area contributed by atoms with Crippen molar-refractivity contribution < 1.29 is 0 Å². The molecule has 0 aliphatic rings. The topological polar surface area (TPSA) is 0 Å². The van der Waals surface area contributed by atoms with Crippen LogP contribution in [0.25, 0.3) is 43.8 Å². The zero-order valence-corrected chi connectivity index (χ0v) is 19.8. The second-order valence-corrected chi connectivity index (χ2v) is 10.6. The normalized spacial score (nSPS) is 11.5. The molecule has 0 atom stereocenters. The number of rotatable bonds is 4. The largest absolute Gasteiger partial charge is 0.0875 e. The Bertz CT molecular complexity index is 1550. The van der Waals surface area contributed by atoms with E-state index < -0.39 is 9.52 Å². The maximum absolute atomic E-state index is 2.47. The van der Waals surface area contributed by atoms with E-state index in [2.05, 4.69) is 133 Å². The molecular formula is C32H24Si. The first kappa shape index (κ1) is 19.7. The molecule has 0 saturated heterocycles. The van der Waals surface area contributed by atoms with Gasteiger partial charge in [-0.05, 0) is 43.8 Å². The molecule has 6 aromatic carbocycles. The molecule has 33 heavy (non-hydrogen) atoms. The zero-order valence-electron chi connectivity index (χ0n) is 18.4. The van der Waals surface area contributed by atoms with Crippen molar-refractivity contribution in [3.05, 3.63) is 133 Å². The van der Waals surface area contributed by atoms with Gasteiger partial charge in [-0.2, -0.15) is 0 Å². The lowest BCUT2D eigenvalue weighted by atomic mass is 9.86. The summed E-state index contributed by atoms with van der Waals surface area (Å²) >= 11 is 0. The van der Waals surface area contributed by atoms with Gasteiger partial charge in [0.15, 0.2) is 0 Å². The molecule has 0 aliphatic heterocycles. The number of fused-ring (bicyclic) bond motifs is 2. The summed E-state index contributed by atoms with van der Waals surface area (Å²) in [4.78, 5) is 0. The molecule has 0 fully saturated rings. The summed E-state index contributed by atoms with van der Waals surface area (Å²) < 4.78 is 0. The molecule has 0 aliphatic carbocycles. The smallest absolute Gasteiger partial charge is 0.0633 e. The van der Waals surface area contributed by atoms with Gasteiger partial charge >= 0.3 is 0 Å². The predicted octanol–water partition coefficient (Wildman–Crippen LogP) is 6.45. The summed E-state index contributed by atoms with van der Waals surface area (Å²) in [5, 5.41) is 8.24. The van der Waals surface area contributed by atoms with Crippen molar-refractivity contribution in [2.24, 2.45) is 0 Å². The number of hydrogen-bond donors (Lipinski definition) is 0. The quantitative estimate of drug-likeness (QED) is 0.220. The molecule has 6 rings (SSSR count). The van der Waals surface area contributed by atoms with Crippen LogP contribution in [0.5, 0.6) is 0 Å². The summed E-state index contributed by atoms with van der Waals surface area (Å²) in [7, 11) is -0.545. The Morgan fingerprint density at radius 1 is 0.333 bits per heavy atom. The third-order valence-corrected chi connectivity index (χ3v) is 8.19. The second kappa shape index (κ2) is 8.53. The monoisotopic (exact) mass is 436 g/mol. The average molecular weight is 437 g/mol. The van der Waals surface area contributed by atoms with Gasteiger partial charge in [0.1, 0.15) is 0 Å². The Balaban J connectivity index is 1.71. The van der Waals surface area contributed by atoms with Gasteiger partial charge in [-0.15, -0.1) is 0 Å². The maximum Gasteiger partial charge on any atom is 0.0875 e. The van der Waals surface area contributed by atoms with Crippen LogP contribution in [0.3, 0.4) is 0 Å². The summed E-state index contributed by atoms with van der Waals surface area (Å²) in [5.74, 6) is 0. The average Bonchev–Trinajstić information content (AvgIpc) is 2.89. The lowest BCUT2D eigenvalue weighted by Gasteiger charge is -2.18. The van der Waals surface area contributed by atoms with E-state index >= 15 is 0 Å². The minimum Gasteiger partial charge on any atom is -0.0633 e. The first-order valence-corrected chi connectivity index (χ1v) is 12.9. The highest BCUT2D eigenvalue weighted by molar-refractivity contribution is 6.67. The minimum absolute atomic E-state index is 0.545. The number of hydrogen-bond acceptors (Lipinski definition) is 0. The van der Waals surface area contributed by atoms with E-state index in [1.165, 1.54) is 54.2 Å². The first-order chi connectivity index (χ1) is 16.4. The highest BCUT2D eigenvalue weighted by Gasteiger charge is 2.16. The molecule has 0 aromatic heterocycles. The van der Waals surface area contributed by atoms with Crippen molar-refractivity contribution in [1.82, 2.24) is 0 Å². The van der Waals surface area contributed by atoms with Crippen molar-refractivity contribution in [3.8, 4) is 22.3 Å². The van der Waals surface area contributed by atoms with Gasteiger partial charge in [-0.3, -0.25) is 0 Å². The Hall–Kier alpha value is -3.94. The molecule has 0 nitrogen and oxygen atoms in total. The van der Waals surface area contributed by atoms with Crippen molar-refractivity contribution in [1.29, 1.82) is 0 Å². The molecule has 0 N–H and O–H groups in total. The number of benzene rings is 6. The van der Waals surface area contributed by atoms with Gasteiger partial charge in [0.2, 0.25) is 0 Å². The molecule has 0 saturated carbocycles. The Morgan fingerprint density at radius 3 is 1.36 bits per heavy atom. The van der Waals surface area contributed by atoms with E-state index in [-0.39, 0.29) is 0 Å². The fraction of sp³-hybridized carbons (Fsp3) is 0. The van der Waals surface area contributed by atoms with Crippen LogP contribution < -0.4 is 10.4 Å². The molecule has 0 heterocycles. The fourth-order valence-corrected chi connectivity index (χ4v) is 6.52. The zero-order chi connectivity index (χ0) is 22.0. The molecule has 156 valence electrons. The van der Waals surface area contributed by atoms with E-state index in [9.17, 15) is 0 Å². The van der Waals surface area contributed by atoms with Gasteiger partial charge in [0.05, 0.1) is 9.52 Å². The Morgan fingerprint density at radius 2 is 0.788 bits per heavy atom. The van der Waals surface area contributed by atoms with Crippen LogP contribution in [0.1, 0.15) is 0 Å². The lowest BCUT2D eigenvalue weighted by molar-refractivity contribution is 1.65. The molecular weight excluding hydrogens is 412 g/mol. The Labute approximate surface area is 197 Å².